The Morgan fingerprint density at radius 1 is 0.882 bits per heavy atom. The summed E-state index contributed by atoms with van der Waals surface area (Å²) in [5.41, 5.74) is 3.72. The molecule has 17 heavy (non-hydrogen) atoms. The molecule has 0 aliphatic rings. The Labute approximate surface area is 107 Å². The van der Waals surface area contributed by atoms with Crippen molar-refractivity contribution in [2.75, 3.05) is 23.9 Å². The first-order valence-corrected chi connectivity index (χ1v) is 7.18. The lowest BCUT2D eigenvalue weighted by molar-refractivity contribution is 1.23. The largest absolute Gasteiger partial charge is 0.384 e. The molecule has 0 aliphatic carbocycles. The first-order chi connectivity index (χ1) is 8.40. The van der Waals surface area contributed by atoms with Crippen molar-refractivity contribution in [3.8, 4) is 11.1 Å². The Hall–Kier alpha value is -1.41. The lowest BCUT2D eigenvalue weighted by atomic mass is 10.1. The summed E-state index contributed by atoms with van der Waals surface area (Å²) in [6.07, 6.45) is 2.13. The zero-order valence-corrected chi connectivity index (χ0v) is 10.8. The summed E-state index contributed by atoms with van der Waals surface area (Å²) in [4.78, 5) is 0. The van der Waals surface area contributed by atoms with Crippen LogP contribution in [-0.4, -0.2) is 18.6 Å². The fraction of sp³-hybridized carbons (Fsp3) is 0.200. The molecule has 1 N–H and O–H groups in total. The van der Waals surface area contributed by atoms with Gasteiger partial charge in [-0.1, -0.05) is 42.5 Å². The van der Waals surface area contributed by atoms with Gasteiger partial charge in [-0.05, 0) is 29.5 Å². The van der Waals surface area contributed by atoms with Crippen LogP contribution in [0.5, 0.6) is 0 Å². The molecule has 0 bridgehead atoms. The van der Waals surface area contributed by atoms with E-state index >= 15 is 0 Å². The quantitative estimate of drug-likeness (QED) is 0.792. The number of benzene rings is 2. The topological polar surface area (TPSA) is 12.0 Å². The van der Waals surface area contributed by atoms with E-state index in [1.165, 1.54) is 16.8 Å². The molecule has 0 heterocycles. The Kier molecular flexibility index (Phi) is 4.51. The third-order valence-electron chi connectivity index (χ3n) is 2.63. The molecule has 0 fully saturated rings. The molecule has 1 nitrogen and oxygen atoms in total. The Morgan fingerprint density at radius 2 is 1.53 bits per heavy atom. The van der Waals surface area contributed by atoms with Gasteiger partial charge in [-0.15, -0.1) is 0 Å². The second kappa shape index (κ2) is 6.36. The van der Waals surface area contributed by atoms with Crippen LogP contribution in [-0.2, 0) is 0 Å². The van der Waals surface area contributed by atoms with E-state index in [1.54, 1.807) is 0 Å². The van der Waals surface area contributed by atoms with Gasteiger partial charge in [0.05, 0.1) is 0 Å². The van der Waals surface area contributed by atoms with Crippen molar-refractivity contribution in [3.63, 3.8) is 0 Å². The van der Waals surface area contributed by atoms with E-state index in [0.29, 0.717) is 0 Å². The fourth-order valence-electron chi connectivity index (χ4n) is 1.71. The predicted molar refractivity (Wildman–Crippen MR) is 78.7 cm³/mol. The summed E-state index contributed by atoms with van der Waals surface area (Å²) >= 11 is 1.86. The van der Waals surface area contributed by atoms with E-state index in [0.717, 1.165) is 12.3 Å². The molecule has 2 aromatic carbocycles. The molecular formula is C15H17NS. The van der Waals surface area contributed by atoms with Crippen LogP contribution in [0.25, 0.3) is 11.1 Å². The summed E-state index contributed by atoms with van der Waals surface area (Å²) in [6, 6.07) is 19.1. The maximum Gasteiger partial charge on any atom is 0.0340 e. The second-order valence-electron chi connectivity index (χ2n) is 3.86. The highest BCUT2D eigenvalue weighted by molar-refractivity contribution is 7.98. The van der Waals surface area contributed by atoms with Crippen LogP contribution in [0.15, 0.2) is 54.6 Å². The van der Waals surface area contributed by atoms with Gasteiger partial charge in [0.15, 0.2) is 0 Å². The predicted octanol–water partition coefficient (Wildman–Crippen LogP) is 4.13. The Bertz CT molecular complexity index is 436. The zero-order chi connectivity index (χ0) is 11.9. The van der Waals surface area contributed by atoms with Gasteiger partial charge in [-0.2, -0.15) is 11.8 Å². The first-order valence-electron chi connectivity index (χ1n) is 5.78. The number of hydrogen-bond acceptors (Lipinski definition) is 2. The highest BCUT2D eigenvalue weighted by Crippen LogP contribution is 2.20. The number of thioether (sulfide) groups is 1. The molecule has 2 aromatic rings. The van der Waals surface area contributed by atoms with Crippen LogP contribution in [0.4, 0.5) is 5.69 Å². The van der Waals surface area contributed by atoms with Gasteiger partial charge in [0, 0.05) is 18.0 Å². The molecule has 0 spiro atoms. The van der Waals surface area contributed by atoms with Crippen LogP contribution in [0.2, 0.25) is 0 Å². The van der Waals surface area contributed by atoms with Crippen LogP contribution in [0, 0.1) is 0 Å². The van der Waals surface area contributed by atoms with E-state index in [1.807, 2.05) is 17.8 Å². The van der Waals surface area contributed by atoms with Crippen LogP contribution < -0.4 is 5.32 Å². The van der Waals surface area contributed by atoms with Gasteiger partial charge in [-0.3, -0.25) is 0 Å². The summed E-state index contributed by atoms with van der Waals surface area (Å²) in [5.74, 6) is 1.14. The Morgan fingerprint density at radius 3 is 2.18 bits per heavy atom. The normalized spacial score (nSPS) is 10.2. The molecule has 0 unspecified atom stereocenters. The van der Waals surface area contributed by atoms with Gasteiger partial charge in [-0.25, -0.2) is 0 Å². The van der Waals surface area contributed by atoms with E-state index in [2.05, 4.69) is 60.1 Å². The molecule has 0 saturated heterocycles. The van der Waals surface area contributed by atoms with Crippen LogP contribution >= 0.6 is 11.8 Å². The fourth-order valence-corrected chi connectivity index (χ4v) is 2.01. The molecule has 0 aromatic heterocycles. The number of hydrogen-bond donors (Lipinski definition) is 1. The molecule has 0 aliphatic heterocycles. The number of anilines is 1. The summed E-state index contributed by atoms with van der Waals surface area (Å²) in [7, 11) is 0. The second-order valence-corrected chi connectivity index (χ2v) is 4.85. The summed E-state index contributed by atoms with van der Waals surface area (Å²) < 4.78 is 0. The van der Waals surface area contributed by atoms with Gasteiger partial charge >= 0.3 is 0 Å². The van der Waals surface area contributed by atoms with Gasteiger partial charge in [0.2, 0.25) is 0 Å². The van der Waals surface area contributed by atoms with Crippen molar-refractivity contribution in [2.24, 2.45) is 0 Å². The highest BCUT2D eigenvalue weighted by atomic mass is 32.2. The molecule has 88 valence electrons. The van der Waals surface area contributed by atoms with E-state index < -0.39 is 0 Å². The van der Waals surface area contributed by atoms with Crippen molar-refractivity contribution in [2.45, 2.75) is 0 Å². The minimum atomic E-state index is 1.02. The lowest BCUT2D eigenvalue weighted by Crippen LogP contribution is -2.03. The number of nitrogens with one attached hydrogen (secondary N) is 1. The van der Waals surface area contributed by atoms with Gasteiger partial charge in [0.1, 0.15) is 0 Å². The van der Waals surface area contributed by atoms with Crippen molar-refractivity contribution in [1.29, 1.82) is 0 Å². The van der Waals surface area contributed by atoms with Crippen molar-refractivity contribution >= 4 is 17.4 Å². The van der Waals surface area contributed by atoms with Crippen molar-refractivity contribution < 1.29 is 0 Å². The lowest BCUT2D eigenvalue weighted by Gasteiger charge is -2.06. The van der Waals surface area contributed by atoms with Crippen molar-refractivity contribution in [1.82, 2.24) is 0 Å². The molecule has 0 atom stereocenters. The van der Waals surface area contributed by atoms with Crippen LogP contribution in [0.3, 0.4) is 0 Å². The molecular weight excluding hydrogens is 226 g/mol. The van der Waals surface area contributed by atoms with E-state index in [9.17, 15) is 0 Å². The molecule has 0 radical (unpaired) electrons. The van der Waals surface area contributed by atoms with Crippen LogP contribution in [0.1, 0.15) is 0 Å². The zero-order valence-electron chi connectivity index (χ0n) is 10.0. The molecule has 2 rings (SSSR count). The van der Waals surface area contributed by atoms with E-state index in [4.69, 9.17) is 0 Å². The Balaban J connectivity index is 2.03. The smallest absolute Gasteiger partial charge is 0.0340 e. The maximum absolute atomic E-state index is 3.40. The molecule has 0 saturated carbocycles. The van der Waals surface area contributed by atoms with Gasteiger partial charge in [0.25, 0.3) is 0 Å². The maximum atomic E-state index is 3.40. The average molecular weight is 243 g/mol. The van der Waals surface area contributed by atoms with Crippen molar-refractivity contribution in [3.05, 3.63) is 54.6 Å². The third kappa shape index (κ3) is 3.53. The minimum Gasteiger partial charge on any atom is -0.384 e. The first kappa shape index (κ1) is 12.1. The number of rotatable bonds is 5. The van der Waals surface area contributed by atoms with E-state index in [-0.39, 0.29) is 0 Å². The SMILES string of the molecule is CSCCNc1ccc(-c2ccccc2)cc1. The summed E-state index contributed by atoms with van der Waals surface area (Å²) in [6.45, 7) is 1.02. The molecule has 0 amide bonds. The molecule has 2 heteroatoms. The highest BCUT2D eigenvalue weighted by Gasteiger charge is 1.96. The monoisotopic (exact) mass is 243 g/mol. The standard InChI is InChI=1S/C15H17NS/c1-17-12-11-16-15-9-7-14(8-10-15)13-5-3-2-4-6-13/h2-10,16H,11-12H2,1H3. The minimum absolute atomic E-state index is 1.02. The van der Waals surface area contributed by atoms with Gasteiger partial charge < -0.3 is 5.32 Å². The third-order valence-corrected chi connectivity index (χ3v) is 3.24. The summed E-state index contributed by atoms with van der Waals surface area (Å²) in [5, 5.41) is 3.40. The average Bonchev–Trinajstić information content (AvgIpc) is 2.41.